The highest BCUT2D eigenvalue weighted by atomic mass is 15.2. The van der Waals surface area contributed by atoms with E-state index in [1.54, 1.807) is 4.90 Å². The molecule has 0 spiro atoms. The van der Waals surface area contributed by atoms with Gasteiger partial charge in [0.15, 0.2) is 0 Å². The van der Waals surface area contributed by atoms with E-state index in [0.29, 0.717) is 28.0 Å². The summed E-state index contributed by atoms with van der Waals surface area (Å²) in [6, 6.07) is 82.8. The lowest BCUT2D eigenvalue weighted by Crippen LogP contribution is -2.61. The number of hydrogen-bond donors (Lipinski definition) is 0. The van der Waals surface area contributed by atoms with Gasteiger partial charge in [-0.15, -0.1) is 0 Å². The summed E-state index contributed by atoms with van der Waals surface area (Å²) < 4.78 is 85.4. The van der Waals surface area contributed by atoms with Crippen LogP contribution in [0.1, 0.15) is 118 Å². The number of anilines is 9. The largest absolute Gasteiger partial charge is 0.311 e. The van der Waals surface area contributed by atoms with E-state index >= 15 is 0 Å². The molecule has 0 amide bonds. The van der Waals surface area contributed by atoms with Crippen molar-refractivity contribution < 1.29 is 12.3 Å². The number of aromatic nitrogens is 1. The molecule has 4 nitrogen and oxygen atoms in total. The number of rotatable bonds is 10. The Bertz CT molecular complexity index is 5870. The van der Waals surface area contributed by atoms with Gasteiger partial charge in [-0.05, 0) is 208 Å². The van der Waals surface area contributed by atoms with Crippen molar-refractivity contribution in [3.05, 3.63) is 319 Å². The lowest BCUT2D eigenvalue weighted by atomic mass is 9.33. The fourth-order valence-electron chi connectivity index (χ4n) is 14.8. The van der Waals surface area contributed by atoms with Gasteiger partial charge in [-0.3, -0.25) is 0 Å². The molecule has 1 aromatic heterocycles. The Morgan fingerprint density at radius 2 is 0.828 bits per heavy atom. The SMILES string of the molecule is [2H]c1c([2H])c([2H])c(N(c2ccccc2)c2ccc3c(c2)c2c([2H])c([2H])c([2H])c([2H])c2n3-c2ccc3c(c2)N(c2ccc(C(C)(C)C)cc2-c2ccccc2)c2cc(C(C)(C)C)cc4c2B3c2ccc(-c3cc(C(C)(C)C)cc(C(C)(C)C)c3)cc2N4c2cc(-c3ccccc3)cc(-c3ccccc3)c2)c([2H])c1[2H]. The molecule has 0 radical (unpaired) electrons. The maximum Gasteiger partial charge on any atom is 0.252 e. The summed E-state index contributed by atoms with van der Waals surface area (Å²) in [7, 11) is 0. The van der Waals surface area contributed by atoms with Crippen LogP contribution in [0.4, 0.5) is 51.2 Å². The van der Waals surface area contributed by atoms with E-state index in [9.17, 15) is 8.22 Å². The lowest BCUT2D eigenvalue weighted by molar-refractivity contribution is 0.569. The van der Waals surface area contributed by atoms with Gasteiger partial charge in [0.2, 0.25) is 0 Å². The molecule has 3 heterocycles. The molecule has 14 aromatic rings. The minimum absolute atomic E-state index is 0.0684. The third-order valence-electron chi connectivity index (χ3n) is 20.1. The van der Waals surface area contributed by atoms with Gasteiger partial charge < -0.3 is 19.3 Å². The normalized spacial score (nSPS) is 14.3. The van der Waals surface area contributed by atoms with E-state index in [2.05, 4.69) is 287 Å². The zero-order valence-electron chi connectivity index (χ0n) is 67.5. The Morgan fingerprint density at radius 1 is 0.303 bits per heavy atom. The molecule has 0 fully saturated rings. The number of para-hydroxylation sites is 3. The molecule has 0 saturated heterocycles. The van der Waals surface area contributed by atoms with Gasteiger partial charge in [0, 0.05) is 67.5 Å². The maximum absolute atomic E-state index is 10.0. The summed E-state index contributed by atoms with van der Waals surface area (Å²) in [5.74, 6) is 0. The molecule has 2 aliphatic rings. The zero-order valence-corrected chi connectivity index (χ0v) is 58.5. The highest BCUT2D eigenvalue weighted by Crippen LogP contribution is 2.52. The van der Waals surface area contributed by atoms with Crippen LogP contribution in [-0.4, -0.2) is 11.3 Å². The molecule has 16 rings (SSSR count). The predicted octanol–water partition coefficient (Wildman–Crippen LogP) is 24.2. The fraction of sp³-hybridized carbons (Fsp3) is 0.170. The number of benzene rings is 13. The third-order valence-corrected chi connectivity index (χ3v) is 20.1. The highest BCUT2D eigenvalue weighted by molar-refractivity contribution is 7.00. The van der Waals surface area contributed by atoms with E-state index in [0.717, 1.165) is 101 Å². The standard InChI is InChI=1S/C94H85BN4/c1-91(2,3)69-43-48-84(79(57-69)64-34-22-15-23-35-64)99-87-61-76(97-83-41-29-28-40-78(83)80-60-75(45-49-85(80)97)96(73-36-24-16-25-37-73)74-38-26-17-27-39-74)44-47-82(87)95-81-46-42-65(68-51-70(92(4,5)6)56-71(52-68)93(7,8)9)55-86(81)98(88-58-72(94(10,11)12)59-89(99)90(88)95)77-53-66(62-30-18-13-19-31-62)50-67(54-77)63-32-20-14-21-33-63/h13-61H,1-12H3/i16D,24D,25D,28D,29D,36D,37D,40D,41D. The van der Waals surface area contributed by atoms with Crippen LogP contribution in [0, 0.1) is 0 Å². The molecule has 13 aromatic carbocycles. The summed E-state index contributed by atoms with van der Waals surface area (Å²) in [6.07, 6.45) is 0. The molecular formula is C94H85BN4. The van der Waals surface area contributed by atoms with Crippen molar-refractivity contribution in [1.29, 1.82) is 0 Å². The summed E-state index contributed by atoms with van der Waals surface area (Å²) in [6.45, 7) is 27.0. The van der Waals surface area contributed by atoms with Gasteiger partial charge >= 0.3 is 0 Å². The molecule has 5 heteroatoms. The molecule has 2 aliphatic heterocycles. The van der Waals surface area contributed by atoms with Gasteiger partial charge in [-0.25, -0.2) is 0 Å². The molecular weight excluding hydrogens is 1200 g/mol. The average molecular weight is 1290 g/mol. The van der Waals surface area contributed by atoms with Crippen LogP contribution in [0.5, 0.6) is 0 Å². The van der Waals surface area contributed by atoms with Gasteiger partial charge in [0.1, 0.15) is 0 Å². The van der Waals surface area contributed by atoms with Crippen LogP contribution in [0.25, 0.3) is 72.0 Å². The van der Waals surface area contributed by atoms with Crippen molar-refractivity contribution in [2.45, 2.75) is 105 Å². The molecule has 0 bridgehead atoms. The van der Waals surface area contributed by atoms with Crippen molar-refractivity contribution >= 4 is 96.1 Å². The zero-order chi connectivity index (χ0) is 76.1. The summed E-state index contributed by atoms with van der Waals surface area (Å²) in [5, 5.41) is 0.736. The summed E-state index contributed by atoms with van der Waals surface area (Å²) in [4.78, 5) is 6.66. The predicted molar refractivity (Wildman–Crippen MR) is 426 cm³/mol. The van der Waals surface area contributed by atoms with E-state index in [4.69, 9.17) is 4.11 Å². The third kappa shape index (κ3) is 11.3. The number of hydrogen-bond acceptors (Lipinski definition) is 3. The topological polar surface area (TPSA) is 14.7 Å². The van der Waals surface area contributed by atoms with Crippen molar-refractivity contribution in [3.63, 3.8) is 0 Å². The molecule has 0 saturated carbocycles. The van der Waals surface area contributed by atoms with Crippen LogP contribution in [0.15, 0.2) is 297 Å². The smallest absolute Gasteiger partial charge is 0.252 e. The molecule has 0 N–H and O–H groups in total. The first kappa shape index (κ1) is 53.2. The second-order valence-electron chi connectivity index (χ2n) is 30.9. The van der Waals surface area contributed by atoms with E-state index in [-0.39, 0.29) is 51.6 Å². The Kier molecular flexibility index (Phi) is 12.9. The molecule has 0 aliphatic carbocycles. The van der Waals surface area contributed by atoms with E-state index < -0.39 is 47.7 Å². The van der Waals surface area contributed by atoms with Crippen LogP contribution in [0.2, 0.25) is 0 Å². The maximum atomic E-state index is 10.0. The van der Waals surface area contributed by atoms with Crippen LogP contribution in [-0.2, 0) is 21.7 Å². The molecule has 484 valence electrons. The van der Waals surface area contributed by atoms with Gasteiger partial charge in [-0.2, -0.15) is 0 Å². The fourth-order valence-corrected chi connectivity index (χ4v) is 14.8. The van der Waals surface area contributed by atoms with Gasteiger partial charge in [0.05, 0.1) is 29.1 Å². The minimum atomic E-state index is -0.518. The van der Waals surface area contributed by atoms with Crippen LogP contribution < -0.4 is 31.1 Å². The minimum Gasteiger partial charge on any atom is -0.311 e. The van der Waals surface area contributed by atoms with Crippen LogP contribution in [0.3, 0.4) is 0 Å². The van der Waals surface area contributed by atoms with E-state index in [1.165, 1.54) is 16.7 Å². The number of fused-ring (bicyclic) bond motifs is 7. The summed E-state index contributed by atoms with van der Waals surface area (Å²) in [5.41, 5.74) is 24.0. The molecule has 0 unspecified atom stereocenters. The van der Waals surface area contributed by atoms with Crippen molar-refractivity contribution in [1.82, 2.24) is 4.57 Å². The van der Waals surface area contributed by atoms with Gasteiger partial charge in [0.25, 0.3) is 6.71 Å². The van der Waals surface area contributed by atoms with Crippen molar-refractivity contribution in [2.75, 3.05) is 14.7 Å². The first-order chi connectivity index (χ1) is 51.3. The monoisotopic (exact) mass is 1290 g/mol. The second-order valence-corrected chi connectivity index (χ2v) is 30.9. The Morgan fingerprint density at radius 3 is 1.43 bits per heavy atom. The Labute approximate surface area is 598 Å². The Balaban J connectivity index is 1.03. The average Bonchev–Trinajstić information content (AvgIpc) is 0.997. The van der Waals surface area contributed by atoms with Gasteiger partial charge in [-0.1, -0.05) is 271 Å². The Hall–Kier alpha value is -10.9. The number of nitrogens with zero attached hydrogens (tertiary/aromatic N) is 4. The highest BCUT2D eigenvalue weighted by Gasteiger charge is 2.45. The molecule has 99 heavy (non-hydrogen) atoms. The molecule has 0 atom stereocenters. The van der Waals surface area contributed by atoms with Crippen molar-refractivity contribution in [2.24, 2.45) is 0 Å². The first-order valence-corrected chi connectivity index (χ1v) is 34.5. The van der Waals surface area contributed by atoms with E-state index in [1.807, 2.05) is 53.1 Å². The van der Waals surface area contributed by atoms with Crippen LogP contribution >= 0.6 is 0 Å². The quantitative estimate of drug-likeness (QED) is 0.127. The summed E-state index contributed by atoms with van der Waals surface area (Å²) >= 11 is 0. The lowest BCUT2D eigenvalue weighted by Gasteiger charge is -2.46. The second kappa shape index (κ2) is 24.0. The first-order valence-electron chi connectivity index (χ1n) is 39.0. The van der Waals surface area contributed by atoms with Crippen molar-refractivity contribution in [3.8, 4) is 50.2 Å².